The summed E-state index contributed by atoms with van der Waals surface area (Å²) in [5.41, 5.74) is 0. The van der Waals surface area contributed by atoms with E-state index in [0.717, 1.165) is 0 Å². The molecule has 0 aliphatic carbocycles. The Hall–Kier alpha value is 0.504. The Bertz CT molecular complexity index is 33.8. The summed E-state index contributed by atoms with van der Waals surface area (Å²) in [5, 5.41) is 13.9. The van der Waals surface area contributed by atoms with E-state index in [2.05, 4.69) is 0 Å². The Morgan fingerprint density at radius 2 is 1.33 bits per heavy atom. The van der Waals surface area contributed by atoms with E-state index in [1.54, 1.807) is 0 Å². The van der Waals surface area contributed by atoms with Gasteiger partial charge < -0.3 is 10.2 Å². The van der Waals surface area contributed by atoms with Crippen molar-refractivity contribution in [1.82, 2.24) is 0 Å². The van der Waals surface area contributed by atoms with Gasteiger partial charge in [0.1, 0.15) is 0 Å². The van der Waals surface area contributed by atoms with Crippen LogP contribution >= 0.6 is 0 Å². The van der Waals surface area contributed by atoms with Gasteiger partial charge in [-0.25, -0.2) is 4.79 Å². The topological polar surface area (TPSA) is 57.5 Å². The fourth-order valence-corrected chi connectivity index (χ4v) is 0. The van der Waals surface area contributed by atoms with E-state index in [9.17, 15) is 0 Å². The first-order valence-electron chi connectivity index (χ1n) is 0.651. The monoisotopic (exact) mass is 165 g/mol. The summed E-state index contributed by atoms with van der Waals surface area (Å²) in [6, 6.07) is 0. The maximum Gasteiger partial charge on any atom is 0.503 e. The molecular weight excluding hydrogens is 163 g/mol. The molecule has 0 aromatic rings. The van der Waals surface area contributed by atoms with Crippen molar-refractivity contribution >= 4 is 6.16 Å². The van der Waals surface area contributed by atoms with Gasteiger partial charge in [0.25, 0.3) is 0 Å². The number of rotatable bonds is 0. The van der Waals surface area contributed by atoms with Crippen LogP contribution in [0, 0.1) is 0 Å². The predicted molar refractivity (Wildman–Crippen MR) is 10.7 cm³/mol. The van der Waals surface area contributed by atoms with Crippen LogP contribution in [-0.4, -0.2) is 16.4 Å². The molecule has 0 saturated carbocycles. The molecule has 0 atom stereocenters. The molecule has 0 heterocycles. The number of carbonyl (C=O) groups is 1. The molecule has 3 nitrogen and oxygen atoms in total. The van der Waals surface area contributed by atoms with Crippen LogP contribution in [0.1, 0.15) is 0 Å². The second-order valence-corrected chi connectivity index (χ2v) is 0.283. The van der Waals surface area contributed by atoms with Gasteiger partial charge in [-0.3, -0.25) is 0 Å². The molecule has 0 rings (SSSR count). The van der Waals surface area contributed by atoms with Crippen molar-refractivity contribution in [2.45, 2.75) is 0 Å². The van der Waals surface area contributed by atoms with Crippen molar-refractivity contribution in [3.05, 3.63) is 0 Å². The first-order valence-corrected chi connectivity index (χ1v) is 0.651. The molecule has 0 aliphatic rings. The van der Waals surface area contributed by atoms with Gasteiger partial charge in [0, 0.05) is 38.8 Å². The molecule has 0 bridgehead atoms. The molecule has 5 heteroatoms. The van der Waals surface area contributed by atoms with Crippen molar-refractivity contribution in [3.63, 3.8) is 0 Å². The van der Waals surface area contributed by atoms with Crippen molar-refractivity contribution in [1.29, 1.82) is 0 Å². The zero-order chi connectivity index (χ0) is 3.58. The van der Waals surface area contributed by atoms with E-state index in [0.29, 0.717) is 0 Å². The second kappa shape index (κ2) is 9.09. The molecular formula is CH2MnO3Ti. The number of carboxylic acid groups (broad SMARTS) is 2. The molecule has 0 aromatic heterocycles. The Morgan fingerprint density at radius 1 is 1.33 bits per heavy atom. The largest absolute Gasteiger partial charge is 0.503 e. The summed E-state index contributed by atoms with van der Waals surface area (Å²) in [6.07, 6.45) is -1.83. The minimum atomic E-state index is -1.83. The van der Waals surface area contributed by atoms with E-state index in [1.165, 1.54) is 0 Å². The molecule has 1 radical (unpaired) electrons. The van der Waals surface area contributed by atoms with Gasteiger partial charge in [-0.15, -0.1) is 0 Å². The van der Waals surface area contributed by atoms with Crippen LogP contribution in [0.25, 0.3) is 0 Å². The van der Waals surface area contributed by atoms with Crippen LogP contribution in [0.4, 0.5) is 4.79 Å². The van der Waals surface area contributed by atoms with Gasteiger partial charge in [-0.2, -0.15) is 0 Å². The van der Waals surface area contributed by atoms with Gasteiger partial charge in [-0.1, -0.05) is 0 Å². The minimum Gasteiger partial charge on any atom is -0.450 e. The predicted octanol–water partition coefficient (Wildman–Crippen LogP) is 0.217. The Morgan fingerprint density at radius 3 is 1.33 bits per heavy atom. The first-order chi connectivity index (χ1) is 1.73. The maximum atomic E-state index is 8.56. The standard InChI is InChI=1S/CH2O3.Mn.Ti/c2-1(3)4;;/h(H2,2,3,4);;. The summed E-state index contributed by atoms with van der Waals surface area (Å²) >= 11 is 0. The van der Waals surface area contributed by atoms with Crippen molar-refractivity contribution in [2.75, 3.05) is 0 Å². The van der Waals surface area contributed by atoms with E-state index in [1.807, 2.05) is 0 Å². The Labute approximate surface area is 60.1 Å². The minimum absolute atomic E-state index is 0. The van der Waals surface area contributed by atoms with Crippen LogP contribution in [0.15, 0.2) is 0 Å². The SMILES string of the molecule is O=C(O)O.[Mn].[Ti]. The summed E-state index contributed by atoms with van der Waals surface area (Å²) in [6.45, 7) is 0. The zero-order valence-electron chi connectivity index (χ0n) is 2.68. The van der Waals surface area contributed by atoms with Crippen molar-refractivity contribution in [3.8, 4) is 0 Å². The number of hydrogen-bond donors (Lipinski definition) is 2. The van der Waals surface area contributed by atoms with Crippen molar-refractivity contribution < 1.29 is 53.8 Å². The molecule has 6 heavy (non-hydrogen) atoms. The third kappa shape index (κ3) is 218. The van der Waals surface area contributed by atoms with Gasteiger partial charge >= 0.3 is 6.16 Å². The number of hydrogen-bond acceptors (Lipinski definition) is 1. The maximum absolute atomic E-state index is 8.56. The van der Waals surface area contributed by atoms with Gasteiger partial charge in [0.05, 0.1) is 0 Å². The average Bonchev–Trinajstić information content (AvgIpc) is 0.811. The molecule has 0 amide bonds. The van der Waals surface area contributed by atoms with E-state index < -0.39 is 6.16 Å². The molecule has 2 N–H and O–H groups in total. The first kappa shape index (κ1) is 16.0. The smallest absolute Gasteiger partial charge is 0.450 e. The fourth-order valence-electron chi connectivity index (χ4n) is 0. The van der Waals surface area contributed by atoms with Crippen LogP contribution in [0.3, 0.4) is 0 Å². The average molecular weight is 165 g/mol. The molecule has 0 saturated heterocycles. The van der Waals surface area contributed by atoms with E-state index in [-0.39, 0.29) is 38.8 Å². The van der Waals surface area contributed by atoms with Gasteiger partial charge in [0.2, 0.25) is 0 Å². The summed E-state index contributed by atoms with van der Waals surface area (Å²) in [5.74, 6) is 0. The molecule has 35 valence electrons. The Kier molecular flexibility index (Phi) is 24.3. The van der Waals surface area contributed by atoms with Gasteiger partial charge in [0.15, 0.2) is 0 Å². The quantitative estimate of drug-likeness (QED) is 0.504. The normalized spacial score (nSPS) is 4.00. The second-order valence-electron chi connectivity index (χ2n) is 0.283. The fraction of sp³-hybridized carbons (Fsp3) is 0. The van der Waals surface area contributed by atoms with E-state index in [4.69, 9.17) is 15.0 Å². The zero-order valence-corrected chi connectivity index (χ0v) is 5.42. The summed E-state index contributed by atoms with van der Waals surface area (Å²) in [4.78, 5) is 8.56. The van der Waals surface area contributed by atoms with E-state index >= 15 is 0 Å². The van der Waals surface area contributed by atoms with Crippen LogP contribution in [0.2, 0.25) is 0 Å². The van der Waals surface area contributed by atoms with Crippen LogP contribution in [-0.2, 0) is 38.8 Å². The Balaban J connectivity index is -0.0000000450. The third-order valence-electron chi connectivity index (χ3n) is 0. The molecule has 0 aliphatic heterocycles. The van der Waals surface area contributed by atoms with Crippen molar-refractivity contribution in [2.24, 2.45) is 0 Å². The molecule has 0 aromatic carbocycles. The molecule has 0 spiro atoms. The van der Waals surface area contributed by atoms with Gasteiger partial charge in [-0.05, 0) is 0 Å². The van der Waals surface area contributed by atoms with Crippen LogP contribution in [0.5, 0.6) is 0 Å². The molecule has 0 fully saturated rings. The third-order valence-corrected chi connectivity index (χ3v) is 0. The summed E-state index contributed by atoms with van der Waals surface area (Å²) < 4.78 is 0. The van der Waals surface area contributed by atoms with Crippen LogP contribution < -0.4 is 0 Å². The molecule has 0 unspecified atom stereocenters. The summed E-state index contributed by atoms with van der Waals surface area (Å²) in [7, 11) is 0.